The molecule has 96 valence electrons. The molecule has 0 aliphatic heterocycles. The van der Waals surface area contributed by atoms with Crippen molar-refractivity contribution in [3.63, 3.8) is 0 Å². The molecule has 1 heterocycles. The maximum atomic E-state index is 5.68. The number of aromatic nitrogens is 2. The van der Waals surface area contributed by atoms with Crippen LogP contribution in [-0.4, -0.2) is 10.1 Å². The van der Waals surface area contributed by atoms with Gasteiger partial charge in [0.1, 0.15) is 5.75 Å². The minimum absolute atomic E-state index is 0.324. The van der Waals surface area contributed by atoms with Crippen molar-refractivity contribution in [2.24, 2.45) is 0 Å². The molecule has 4 nitrogen and oxygen atoms in total. The van der Waals surface area contributed by atoms with Gasteiger partial charge in [0.05, 0.1) is 0 Å². The van der Waals surface area contributed by atoms with Crippen LogP contribution >= 0.6 is 15.9 Å². The van der Waals surface area contributed by atoms with Crippen LogP contribution in [0.2, 0.25) is 0 Å². The molecule has 0 N–H and O–H groups in total. The normalized spacial score (nSPS) is 10.6. The van der Waals surface area contributed by atoms with Gasteiger partial charge in [0, 0.05) is 10.9 Å². The van der Waals surface area contributed by atoms with Crippen LogP contribution in [0.25, 0.3) is 0 Å². The molecule has 0 fully saturated rings. The molecule has 0 saturated heterocycles. The number of ether oxygens (including phenoxy) is 1. The van der Waals surface area contributed by atoms with Gasteiger partial charge in [-0.2, -0.15) is 4.98 Å². The average molecular weight is 311 g/mol. The molecule has 0 amide bonds. The Morgan fingerprint density at radius 3 is 3.00 bits per heavy atom. The molecule has 2 rings (SSSR count). The highest BCUT2D eigenvalue weighted by molar-refractivity contribution is 9.10. The monoisotopic (exact) mass is 310 g/mol. The van der Waals surface area contributed by atoms with E-state index in [2.05, 4.69) is 33.0 Å². The number of hydrogen-bond acceptors (Lipinski definition) is 4. The highest BCUT2D eigenvalue weighted by atomic mass is 79.9. The Balaban J connectivity index is 1.99. The van der Waals surface area contributed by atoms with Gasteiger partial charge in [-0.05, 0) is 31.0 Å². The first-order chi connectivity index (χ1) is 8.69. The van der Waals surface area contributed by atoms with Gasteiger partial charge in [0.2, 0.25) is 11.7 Å². The molecular weight excluding hydrogens is 296 g/mol. The van der Waals surface area contributed by atoms with Gasteiger partial charge in [-0.1, -0.05) is 34.1 Å². The SMILES string of the molecule is CCCc1nc(COc2cc(Br)ccc2C)no1. The number of benzene rings is 1. The van der Waals surface area contributed by atoms with E-state index in [9.17, 15) is 0 Å². The van der Waals surface area contributed by atoms with Crippen LogP contribution in [-0.2, 0) is 13.0 Å². The Bertz CT molecular complexity index is 525. The molecule has 5 heteroatoms. The Morgan fingerprint density at radius 2 is 2.22 bits per heavy atom. The first kappa shape index (κ1) is 13.1. The number of nitrogens with zero attached hydrogens (tertiary/aromatic N) is 2. The average Bonchev–Trinajstić information content (AvgIpc) is 2.79. The predicted molar refractivity (Wildman–Crippen MR) is 71.5 cm³/mol. The fraction of sp³-hybridized carbons (Fsp3) is 0.385. The van der Waals surface area contributed by atoms with Crippen molar-refractivity contribution in [1.29, 1.82) is 0 Å². The molecule has 0 aliphatic rings. The summed E-state index contributed by atoms with van der Waals surface area (Å²) in [6, 6.07) is 5.91. The predicted octanol–water partition coefficient (Wildman–Crippen LogP) is 3.67. The minimum Gasteiger partial charge on any atom is -0.485 e. The lowest BCUT2D eigenvalue weighted by molar-refractivity contribution is 0.283. The molecule has 2 aromatic rings. The smallest absolute Gasteiger partial charge is 0.226 e. The second kappa shape index (κ2) is 6.00. The van der Waals surface area contributed by atoms with Crippen molar-refractivity contribution in [2.75, 3.05) is 0 Å². The minimum atomic E-state index is 0.324. The van der Waals surface area contributed by atoms with Crippen LogP contribution in [0.15, 0.2) is 27.2 Å². The lowest BCUT2D eigenvalue weighted by Gasteiger charge is -2.07. The van der Waals surface area contributed by atoms with E-state index in [-0.39, 0.29) is 0 Å². The standard InChI is InChI=1S/C13H15BrN2O2/c1-3-4-13-15-12(16-18-13)8-17-11-7-10(14)6-5-9(11)2/h5-7H,3-4,8H2,1-2H3. The van der Waals surface area contributed by atoms with E-state index in [1.54, 1.807) is 0 Å². The zero-order valence-corrected chi connectivity index (χ0v) is 12.0. The maximum absolute atomic E-state index is 5.68. The van der Waals surface area contributed by atoms with Gasteiger partial charge >= 0.3 is 0 Å². The van der Waals surface area contributed by atoms with Gasteiger partial charge < -0.3 is 9.26 Å². The van der Waals surface area contributed by atoms with Crippen molar-refractivity contribution in [3.8, 4) is 5.75 Å². The molecule has 0 radical (unpaired) electrons. The number of hydrogen-bond donors (Lipinski definition) is 0. The summed E-state index contributed by atoms with van der Waals surface area (Å²) in [5.74, 6) is 2.08. The summed E-state index contributed by atoms with van der Waals surface area (Å²) in [7, 11) is 0. The van der Waals surface area contributed by atoms with Gasteiger partial charge in [-0.15, -0.1) is 0 Å². The van der Waals surface area contributed by atoms with E-state index in [0.29, 0.717) is 18.3 Å². The molecule has 0 aliphatic carbocycles. The van der Waals surface area contributed by atoms with Crippen molar-refractivity contribution in [2.45, 2.75) is 33.3 Å². The first-order valence-corrected chi connectivity index (χ1v) is 6.68. The van der Waals surface area contributed by atoms with Crippen molar-refractivity contribution in [3.05, 3.63) is 40.0 Å². The summed E-state index contributed by atoms with van der Waals surface area (Å²) in [5, 5.41) is 3.88. The quantitative estimate of drug-likeness (QED) is 0.845. The Morgan fingerprint density at radius 1 is 1.39 bits per heavy atom. The van der Waals surface area contributed by atoms with Gasteiger partial charge in [-0.25, -0.2) is 0 Å². The Labute approximate surface area is 114 Å². The molecule has 1 aromatic heterocycles. The second-order valence-corrected chi connectivity index (χ2v) is 4.97. The Kier molecular flexibility index (Phi) is 4.36. The van der Waals surface area contributed by atoms with Crippen LogP contribution in [0.1, 0.15) is 30.6 Å². The molecule has 0 atom stereocenters. The van der Waals surface area contributed by atoms with Crippen LogP contribution in [0.3, 0.4) is 0 Å². The van der Waals surface area contributed by atoms with Gasteiger partial charge in [0.15, 0.2) is 6.61 Å². The zero-order chi connectivity index (χ0) is 13.0. The highest BCUT2D eigenvalue weighted by Gasteiger charge is 2.07. The van der Waals surface area contributed by atoms with E-state index < -0.39 is 0 Å². The molecule has 0 saturated carbocycles. The first-order valence-electron chi connectivity index (χ1n) is 5.89. The third kappa shape index (κ3) is 3.32. The zero-order valence-electron chi connectivity index (χ0n) is 10.4. The van der Waals surface area contributed by atoms with Gasteiger partial charge in [0.25, 0.3) is 0 Å². The molecule has 0 spiro atoms. The van der Waals surface area contributed by atoms with E-state index >= 15 is 0 Å². The topological polar surface area (TPSA) is 48.2 Å². The van der Waals surface area contributed by atoms with E-state index in [1.165, 1.54) is 0 Å². The summed E-state index contributed by atoms with van der Waals surface area (Å²) >= 11 is 3.42. The van der Waals surface area contributed by atoms with Crippen LogP contribution < -0.4 is 4.74 Å². The highest BCUT2D eigenvalue weighted by Crippen LogP contribution is 2.23. The summed E-state index contributed by atoms with van der Waals surface area (Å²) in [6.07, 6.45) is 1.80. The number of rotatable bonds is 5. The molecule has 18 heavy (non-hydrogen) atoms. The molecule has 1 aromatic carbocycles. The third-order valence-corrected chi connectivity index (χ3v) is 2.97. The van der Waals surface area contributed by atoms with Gasteiger partial charge in [-0.3, -0.25) is 0 Å². The Hall–Kier alpha value is -1.36. The molecule has 0 bridgehead atoms. The summed E-state index contributed by atoms with van der Waals surface area (Å²) in [5.41, 5.74) is 1.08. The number of aryl methyl sites for hydroxylation is 2. The third-order valence-electron chi connectivity index (χ3n) is 2.48. The fourth-order valence-corrected chi connectivity index (χ4v) is 1.88. The largest absolute Gasteiger partial charge is 0.485 e. The lowest BCUT2D eigenvalue weighted by atomic mass is 10.2. The maximum Gasteiger partial charge on any atom is 0.226 e. The van der Waals surface area contributed by atoms with E-state index in [0.717, 1.165) is 28.6 Å². The van der Waals surface area contributed by atoms with Crippen molar-refractivity contribution >= 4 is 15.9 Å². The lowest BCUT2D eigenvalue weighted by Crippen LogP contribution is -1.99. The second-order valence-electron chi connectivity index (χ2n) is 4.05. The molecule has 0 unspecified atom stereocenters. The van der Waals surface area contributed by atoms with E-state index in [4.69, 9.17) is 9.26 Å². The fourth-order valence-electron chi connectivity index (χ4n) is 1.54. The van der Waals surface area contributed by atoms with E-state index in [1.807, 2.05) is 25.1 Å². The number of halogens is 1. The van der Waals surface area contributed by atoms with Crippen LogP contribution in [0.4, 0.5) is 0 Å². The summed E-state index contributed by atoms with van der Waals surface area (Å²) < 4.78 is 11.8. The van der Waals surface area contributed by atoms with Crippen LogP contribution in [0, 0.1) is 6.92 Å². The summed E-state index contributed by atoms with van der Waals surface area (Å²) in [4.78, 5) is 4.25. The van der Waals surface area contributed by atoms with Crippen molar-refractivity contribution in [1.82, 2.24) is 10.1 Å². The summed E-state index contributed by atoms with van der Waals surface area (Å²) in [6.45, 7) is 4.40. The van der Waals surface area contributed by atoms with Crippen LogP contribution in [0.5, 0.6) is 5.75 Å². The van der Waals surface area contributed by atoms with Crippen molar-refractivity contribution < 1.29 is 9.26 Å². The molecular formula is C13H15BrN2O2.